The molecule has 0 saturated carbocycles. The molecule has 0 saturated heterocycles. The maximum absolute atomic E-state index is 13.3. The number of nitrogens with one attached hydrogen (secondary N) is 2. The van der Waals surface area contributed by atoms with Gasteiger partial charge in [-0.25, -0.2) is 10.2 Å². The van der Waals surface area contributed by atoms with E-state index >= 15 is 0 Å². The molecule has 0 fully saturated rings. The number of amides is 1. The Balaban J connectivity index is 3.32. The first-order valence-electron chi connectivity index (χ1n) is 3.78. The molecule has 6 heteroatoms. The lowest BCUT2D eigenvalue weighted by Crippen LogP contribution is -2.30. The lowest BCUT2D eigenvalue weighted by Gasteiger charge is -2.09. The summed E-state index contributed by atoms with van der Waals surface area (Å²) in [4.78, 5) is 11.2. The summed E-state index contributed by atoms with van der Waals surface area (Å²) in [7, 11) is 1.53. The topological polar surface area (TPSA) is 67.2 Å². The molecule has 76 valence electrons. The quantitative estimate of drug-likeness (QED) is 0.426. The predicted octanol–water partition coefficient (Wildman–Crippen LogP) is 1.23. The number of nitrogens with two attached hydrogens (primary N) is 1. The van der Waals surface area contributed by atoms with E-state index < -0.39 is 11.7 Å². The van der Waals surface area contributed by atoms with Crippen molar-refractivity contribution in [2.24, 2.45) is 5.84 Å². The Morgan fingerprint density at radius 2 is 2.21 bits per heavy atom. The zero-order chi connectivity index (χ0) is 10.7. The van der Waals surface area contributed by atoms with Crippen LogP contribution in [-0.2, 0) is 0 Å². The smallest absolute Gasteiger partial charge is 0.267 e. The van der Waals surface area contributed by atoms with Crippen LogP contribution < -0.4 is 16.6 Å². The van der Waals surface area contributed by atoms with Crippen LogP contribution in [0.1, 0.15) is 10.4 Å². The molecule has 14 heavy (non-hydrogen) atoms. The first-order valence-corrected chi connectivity index (χ1v) is 4.57. The Kier molecular flexibility index (Phi) is 3.43. The number of halogens is 2. The predicted molar refractivity (Wildman–Crippen MR) is 55.3 cm³/mol. The lowest BCUT2D eigenvalue weighted by atomic mass is 10.1. The zero-order valence-electron chi connectivity index (χ0n) is 7.40. The molecule has 0 atom stereocenters. The lowest BCUT2D eigenvalue weighted by molar-refractivity contribution is 0.0954. The van der Waals surface area contributed by atoms with E-state index in [1.54, 1.807) is 0 Å². The van der Waals surface area contributed by atoms with Crippen molar-refractivity contribution < 1.29 is 9.18 Å². The maximum Gasteiger partial charge on any atom is 0.267 e. The first kappa shape index (κ1) is 10.9. The Labute approximate surface area is 88.8 Å². The third-order valence-corrected chi connectivity index (χ3v) is 2.14. The standard InChI is InChI=1S/C8H9BrFN3O/c1-12-7-5(8(14)13-11)2-4(9)3-6(7)10/h2-3,12H,11H2,1H3,(H,13,14). The molecule has 1 amide bonds. The molecule has 0 bridgehead atoms. The number of rotatable bonds is 2. The van der Waals surface area contributed by atoms with E-state index in [0.29, 0.717) is 4.47 Å². The largest absolute Gasteiger partial charge is 0.385 e. The molecule has 4 N–H and O–H groups in total. The summed E-state index contributed by atoms with van der Waals surface area (Å²) in [6, 6.07) is 2.75. The number of hydrogen-bond acceptors (Lipinski definition) is 3. The summed E-state index contributed by atoms with van der Waals surface area (Å²) in [6.07, 6.45) is 0. The Morgan fingerprint density at radius 1 is 1.57 bits per heavy atom. The van der Waals surface area contributed by atoms with E-state index in [0.717, 1.165) is 0 Å². The molecular formula is C8H9BrFN3O. The van der Waals surface area contributed by atoms with Gasteiger partial charge in [-0.3, -0.25) is 10.2 Å². The van der Waals surface area contributed by atoms with Crippen LogP contribution in [0.2, 0.25) is 0 Å². The number of anilines is 1. The van der Waals surface area contributed by atoms with E-state index in [4.69, 9.17) is 5.84 Å². The molecule has 0 aliphatic rings. The fraction of sp³-hybridized carbons (Fsp3) is 0.125. The van der Waals surface area contributed by atoms with Crippen LogP contribution in [0.4, 0.5) is 10.1 Å². The van der Waals surface area contributed by atoms with Gasteiger partial charge >= 0.3 is 0 Å². The Hall–Kier alpha value is -1.14. The number of carbonyl (C=O) groups is 1. The number of hydrazine groups is 1. The van der Waals surface area contributed by atoms with E-state index in [-0.39, 0.29) is 11.3 Å². The van der Waals surface area contributed by atoms with Gasteiger partial charge < -0.3 is 5.32 Å². The molecule has 0 aliphatic heterocycles. The summed E-state index contributed by atoms with van der Waals surface area (Å²) < 4.78 is 13.8. The van der Waals surface area contributed by atoms with Gasteiger partial charge in [-0.05, 0) is 12.1 Å². The Bertz CT molecular complexity index is 370. The third kappa shape index (κ3) is 2.02. The third-order valence-electron chi connectivity index (χ3n) is 1.68. The van der Waals surface area contributed by atoms with Crippen LogP contribution >= 0.6 is 15.9 Å². The Morgan fingerprint density at radius 3 is 2.71 bits per heavy atom. The minimum atomic E-state index is -0.547. The van der Waals surface area contributed by atoms with Gasteiger partial charge in [-0.15, -0.1) is 0 Å². The van der Waals surface area contributed by atoms with Crippen molar-refractivity contribution in [3.63, 3.8) is 0 Å². The van der Waals surface area contributed by atoms with Gasteiger partial charge in [0.2, 0.25) is 0 Å². The molecule has 1 aromatic carbocycles. The minimum absolute atomic E-state index is 0.121. The van der Waals surface area contributed by atoms with E-state index in [1.807, 2.05) is 5.43 Å². The van der Waals surface area contributed by atoms with Crippen molar-refractivity contribution in [2.45, 2.75) is 0 Å². The number of carbonyl (C=O) groups excluding carboxylic acids is 1. The molecule has 0 aliphatic carbocycles. The second kappa shape index (κ2) is 4.39. The van der Waals surface area contributed by atoms with Crippen molar-refractivity contribution in [1.29, 1.82) is 0 Å². The highest BCUT2D eigenvalue weighted by Gasteiger charge is 2.14. The normalized spacial score (nSPS) is 9.71. The van der Waals surface area contributed by atoms with Crippen molar-refractivity contribution in [2.75, 3.05) is 12.4 Å². The van der Waals surface area contributed by atoms with Gasteiger partial charge in [-0.2, -0.15) is 0 Å². The molecule has 1 rings (SSSR count). The molecule has 0 spiro atoms. The van der Waals surface area contributed by atoms with Crippen LogP contribution in [0, 0.1) is 5.82 Å². The minimum Gasteiger partial charge on any atom is -0.385 e. The van der Waals surface area contributed by atoms with Crippen molar-refractivity contribution in [3.05, 3.63) is 28.0 Å². The molecule has 0 unspecified atom stereocenters. The fourth-order valence-electron chi connectivity index (χ4n) is 1.08. The first-order chi connectivity index (χ1) is 6.60. The molecular weight excluding hydrogens is 253 g/mol. The average Bonchev–Trinajstić information content (AvgIpc) is 2.15. The molecule has 0 aromatic heterocycles. The summed E-state index contributed by atoms with van der Waals surface area (Å²) in [5.41, 5.74) is 2.22. The molecule has 1 aromatic rings. The number of benzene rings is 1. The highest BCUT2D eigenvalue weighted by Crippen LogP contribution is 2.24. The summed E-state index contributed by atoms with van der Waals surface area (Å²) in [5.74, 6) is 3.90. The van der Waals surface area contributed by atoms with Crippen LogP contribution in [0.25, 0.3) is 0 Å². The van der Waals surface area contributed by atoms with E-state index in [2.05, 4.69) is 21.2 Å². The van der Waals surface area contributed by atoms with Crippen molar-refractivity contribution in [3.8, 4) is 0 Å². The summed E-state index contributed by atoms with van der Waals surface area (Å²) in [6.45, 7) is 0. The molecule has 0 radical (unpaired) electrons. The average molecular weight is 262 g/mol. The van der Waals surface area contributed by atoms with Gasteiger partial charge in [0.05, 0.1) is 11.3 Å². The number of hydrogen-bond donors (Lipinski definition) is 3. The van der Waals surface area contributed by atoms with Gasteiger partial charge in [0, 0.05) is 11.5 Å². The van der Waals surface area contributed by atoms with Gasteiger partial charge in [0.15, 0.2) is 0 Å². The summed E-state index contributed by atoms with van der Waals surface area (Å²) in [5, 5.41) is 2.59. The van der Waals surface area contributed by atoms with Crippen molar-refractivity contribution >= 4 is 27.5 Å². The number of nitrogen functional groups attached to an aromatic ring is 1. The highest BCUT2D eigenvalue weighted by atomic mass is 79.9. The van der Waals surface area contributed by atoms with E-state index in [1.165, 1.54) is 19.2 Å². The maximum atomic E-state index is 13.3. The second-order valence-electron chi connectivity index (χ2n) is 2.53. The van der Waals surface area contributed by atoms with Gasteiger partial charge in [0.1, 0.15) is 5.82 Å². The van der Waals surface area contributed by atoms with Crippen LogP contribution in [0.15, 0.2) is 16.6 Å². The fourth-order valence-corrected chi connectivity index (χ4v) is 1.51. The molecule has 0 heterocycles. The summed E-state index contributed by atoms with van der Waals surface area (Å²) >= 11 is 3.09. The van der Waals surface area contributed by atoms with Crippen LogP contribution in [0.5, 0.6) is 0 Å². The SMILES string of the molecule is CNc1c(F)cc(Br)cc1C(=O)NN. The van der Waals surface area contributed by atoms with E-state index in [9.17, 15) is 9.18 Å². The van der Waals surface area contributed by atoms with Crippen molar-refractivity contribution in [1.82, 2.24) is 5.43 Å². The van der Waals surface area contributed by atoms with Gasteiger partial charge in [-0.1, -0.05) is 15.9 Å². The second-order valence-corrected chi connectivity index (χ2v) is 3.45. The van der Waals surface area contributed by atoms with Crippen LogP contribution in [0.3, 0.4) is 0 Å². The molecule has 4 nitrogen and oxygen atoms in total. The monoisotopic (exact) mass is 261 g/mol. The highest BCUT2D eigenvalue weighted by molar-refractivity contribution is 9.10. The van der Waals surface area contributed by atoms with Crippen LogP contribution in [-0.4, -0.2) is 13.0 Å². The zero-order valence-corrected chi connectivity index (χ0v) is 8.98. The van der Waals surface area contributed by atoms with Gasteiger partial charge in [0.25, 0.3) is 5.91 Å².